The SMILES string of the molecule is CC(O)C1C(=O)N2C(C(=O)OC(c3ccccc3)c3ccccc3)=C(S)CC12. The molecule has 2 heterocycles. The van der Waals surface area contributed by atoms with Gasteiger partial charge in [-0.2, -0.15) is 0 Å². The largest absolute Gasteiger partial charge is 0.448 e. The van der Waals surface area contributed by atoms with Gasteiger partial charge in [-0.1, -0.05) is 60.7 Å². The van der Waals surface area contributed by atoms with Crippen LogP contribution in [0.4, 0.5) is 0 Å². The topological polar surface area (TPSA) is 66.8 Å². The highest BCUT2D eigenvalue weighted by Crippen LogP contribution is 2.45. The lowest BCUT2D eigenvalue weighted by Gasteiger charge is -2.44. The van der Waals surface area contributed by atoms with Crippen LogP contribution in [0.5, 0.6) is 0 Å². The van der Waals surface area contributed by atoms with E-state index >= 15 is 0 Å². The second-order valence-corrected chi connectivity index (χ2v) is 7.69. The molecule has 6 heteroatoms. The molecule has 0 aliphatic carbocycles. The van der Waals surface area contributed by atoms with Crippen molar-refractivity contribution >= 4 is 24.5 Å². The number of benzene rings is 2. The van der Waals surface area contributed by atoms with Crippen LogP contribution in [0.3, 0.4) is 0 Å². The Kier molecular flexibility index (Phi) is 5.00. The summed E-state index contributed by atoms with van der Waals surface area (Å²) >= 11 is 4.44. The predicted molar refractivity (Wildman–Crippen MR) is 107 cm³/mol. The van der Waals surface area contributed by atoms with Gasteiger partial charge in [-0.05, 0) is 18.1 Å². The minimum Gasteiger partial charge on any atom is -0.448 e. The quantitative estimate of drug-likeness (QED) is 0.464. The van der Waals surface area contributed by atoms with Crippen molar-refractivity contribution in [1.29, 1.82) is 0 Å². The first-order chi connectivity index (χ1) is 13.5. The van der Waals surface area contributed by atoms with E-state index in [9.17, 15) is 14.7 Å². The molecule has 1 N–H and O–H groups in total. The number of aliphatic hydroxyl groups excluding tert-OH is 1. The van der Waals surface area contributed by atoms with Crippen LogP contribution in [0.1, 0.15) is 30.6 Å². The van der Waals surface area contributed by atoms with E-state index in [0.29, 0.717) is 11.3 Å². The third-order valence-electron chi connectivity index (χ3n) is 5.33. The predicted octanol–water partition coefficient (Wildman–Crippen LogP) is 3.07. The molecule has 3 unspecified atom stereocenters. The van der Waals surface area contributed by atoms with E-state index in [4.69, 9.17) is 4.74 Å². The zero-order valence-electron chi connectivity index (χ0n) is 15.4. The second-order valence-electron chi connectivity index (χ2n) is 7.15. The summed E-state index contributed by atoms with van der Waals surface area (Å²) in [6.07, 6.45) is -0.894. The molecule has 2 aliphatic rings. The molecule has 4 rings (SSSR count). The minimum atomic E-state index is -0.758. The molecule has 0 bridgehead atoms. The van der Waals surface area contributed by atoms with Crippen LogP contribution in [0.15, 0.2) is 71.3 Å². The minimum absolute atomic E-state index is 0.187. The Morgan fingerprint density at radius 3 is 2.14 bits per heavy atom. The zero-order chi connectivity index (χ0) is 19.8. The molecule has 144 valence electrons. The lowest BCUT2D eigenvalue weighted by atomic mass is 9.83. The first-order valence-electron chi connectivity index (χ1n) is 9.23. The number of hydrogen-bond donors (Lipinski definition) is 2. The second kappa shape index (κ2) is 7.45. The van der Waals surface area contributed by atoms with Crippen molar-refractivity contribution in [2.45, 2.75) is 31.6 Å². The molecule has 2 aromatic rings. The van der Waals surface area contributed by atoms with Crippen LogP contribution < -0.4 is 0 Å². The zero-order valence-corrected chi connectivity index (χ0v) is 16.3. The molecule has 1 fully saturated rings. The average Bonchev–Trinajstić information content (AvgIpc) is 2.99. The standard InChI is InChI=1S/C22H21NO4S/c1-13(24)18-16-12-17(28)19(23(16)21(18)25)22(26)27-20(14-8-4-2-5-9-14)15-10-6-3-7-11-15/h2-11,13,16,18,20,24,28H,12H2,1H3. The van der Waals surface area contributed by atoms with Crippen molar-refractivity contribution in [3.8, 4) is 0 Å². The third-order valence-corrected chi connectivity index (χ3v) is 5.72. The Labute approximate surface area is 169 Å². The van der Waals surface area contributed by atoms with Crippen LogP contribution in [0.2, 0.25) is 0 Å². The highest BCUT2D eigenvalue weighted by molar-refractivity contribution is 7.84. The molecule has 28 heavy (non-hydrogen) atoms. The van der Waals surface area contributed by atoms with Crippen molar-refractivity contribution in [1.82, 2.24) is 4.90 Å². The summed E-state index contributed by atoms with van der Waals surface area (Å²) in [5, 5.41) is 9.84. The van der Waals surface area contributed by atoms with Gasteiger partial charge in [-0.3, -0.25) is 4.79 Å². The number of thiol groups is 1. The van der Waals surface area contributed by atoms with Gasteiger partial charge in [0.2, 0.25) is 5.91 Å². The molecule has 2 aromatic carbocycles. The van der Waals surface area contributed by atoms with Crippen molar-refractivity contribution in [2.75, 3.05) is 0 Å². The fourth-order valence-corrected chi connectivity index (χ4v) is 4.37. The summed E-state index contributed by atoms with van der Waals surface area (Å²) in [6, 6.07) is 18.7. The molecule has 2 aliphatic heterocycles. The monoisotopic (exact) mass is 395 g/mol. The number of nitrogens with zero attached hydrogens (tertiary/aromatic N) is 1. The normalized spacial score (nSPS) is 22.1. The number of fused-ring (bicyclic) bond motifs is 1. The first-order valence-corrected chi connectivity index (χ1v) is 9.68. The van der Waals surface area contributed by atoms with Crippen LogP contribution in [-0.4, -0.2) is 34.0 Å². The fraction of sp³-hybridized carbons (Fsp3) is 0.273. The Morgan fingerprint density at radius 2 is 1.64 bits per heavy atom. The first kappa shape index (κ1) is 18.8. The van der Waals surface area contributed by atoms with Gasteiger partial charge >= 0.3 is 5.97 Å². The van der Waals surface area contributed by atoms with E-state index in [2.05, 4.69) is 12.6 Å². The van der Waals surface area contributed by atoms with Crippen molar-refractivity contribution in [3.63, 3.8) is 0 Å². The molecule has 5 nitrogen and oxygen atoms in total. The maximum Gasteiger partial charge on any atom is 0.356 e. The summed E-state index contributed by atoms with van der Waals surface area (Å²) in [7, 11) is 0. The number of carbonyl (C=O) groups is 2. The number of ether oxygens (including phenoxy) is 1. The average molecular weight is 395 g/mol. The highest BCUT2D eigenvalue weighted by Gasteiger charge is 2.56. The molecular weight excluding hydrogens is 374 g/mol. The number of aliphatic hydroxyl groups is 1. The van der Waals surface area contributed by atoms with Gasteiger partial charge in [-0.25, -0.2) is 4.79 Å². The smallest absolute Gasteiger partial charge is 0.356 e. The molecule has 0 spiro atoms. The number of carbonyl (C=O) groups excluding carboxylic acids is 2. The maximum atomic E-state index is 13.0. The molecule has 0 aromatic heterocycles. The molecule has 1 saturated heterocycles. The number of β-lactam (4-membered cyclic amide) rings is 1. The van der Waals surface area contributed by atoms with Crippen molar-refractivity contribution in [3.05, 3.63) is 82.4 Å². The van der Waals surface area contributed by atoms with E-state index in [1.807, 2.05) is 60.7 Å². The van der Waals surface area contributed by atoms with Gasteiger partial charge < -0.3 is 14.7 Å². The summed E-state index contributed by atoms with van der Waals surface area (Å²) < 4.78 is 5.87. The summed E-state index contributed by atoms with van der Waals surface area (Å²) in [5.74, 6) is -1.33. The Balaban J connectivity index is 1.61. The van der Waals surface area contributed by atoms with E-state index in [-0.39, 0.29) is 17.6 Å². The molecule has 0 radical (unpaired) electrons. The van der Waals surface area contributed by atoms with Crippen LogP contribution >= 0.6 is 12.6 Å². The highest BCUT2D eigenvalue weighted by atomic mass is 32.1. The number of rotatable bonds is 5. The van der Waals surface area contributed by atoms with Gasteiger partial charge in [0.25, 0.3) is 0 Å². The van der Waals surface area contributed by atoms with Crippen molar-refractivity contribution < 1.29 is 19.4 Å². The summed E-state index contributed by atoms with van der Waals surface area (Å²) in [5.41, 5.74) is 1.87. The van der Waals surface area contributed by atoms with Crippen LogP contribution in [0, 0.1) is 5.92 Å². The van der Waals surface area contributed by atoms with Crippen molar-refractivity contribution in [2.24, 2.45) is 5.92 Å². The molecule has 1 amide bonds. The maximum absolute atomic E-state index is 13.0. The molecule has 3 atom stereocenters. The summed E-state index contributed by atoms with van der Waals surface area (Å²) in [6.45, 7) is 1.59. The Bertz CT molecular complexity index is 887. The Hall–Kier alpha value is -2.57. The lowest BCUT2D eigenvalue weighted by molar-refractivity contribution is -0.163. The molecular formula is C22H21NO4S. The third kappa shape index (κ3) is 3.12. The van der Waals surface area contributed by atoms with Crippen LogP contribution in [0.25, 0.3) is 0 Å². The van der Waals surface area contributed by atoms with Gasteiger partial charge in [-0.15, -0.1) is 12.6 Å². The fourth-order valence-electron chi connectivity index (χ4n) is 3.99. The van der Waals surface area contributed by atoms with Gasteiger partial charge in [0.15, 0.2) is 6.10 Å². The van der Waals surface area contributed by atoms with E-state index in [1.165, 1.54) is 4.90 Å². The molecule has 0 saturated carbocycles. The van der Waals surface area contributed by atoms with Gasteiger partial charge in [0.05, 0.1) is 18.1 Å². The van der Waals surface area contributed by atoms with Gasteiger partial charge in [0.1, 0.15) is 5.70 Å². The van der Waals surface area contributed by atoms with Crippen LogP contribution in [-0.2, 0) is 14.3 Å². The van der Waals surface area contributed by atoms with E-state index < -0.39 is 24.1 Å². The van der Waals surface area contributed by atoms with E-state index in [1.54, 1.807) is 6.92 Å². The van der Waals surface area contributed by atoms with E-state index in [0.717, 1.165) is 11.1 Å². The lowest BCUT2D eigenvalue weighted by Crippen LogP contribution is -2.61. The summed E-state index contributed by atoms with van der Waals surface area (Å²) in [4.78, 5) is 27.4. The Morgan fingerprint density at radius 1 is 1.11 bits per heavy atom. The van der Waals surface area contributed by atoms with Gasteiger partial charge in [0, 0.05) is 11.3 Å². The number of esters is 1. The number of hydrogen-bond acceptors (Lipinski definition) is 5. The number of amides is 1.